The van der Waals surface area contributed by atoms with E-state index in [0.717, 1.165) is 25.2 Å². The fourth-order valence-corrected chi connectivity index (χ4v) is 1.89. The van der Waals surface area contributed by atoms with Crippen LogP contribution >= 0.6 is 0 Å². The molecule has 1 aromatic carbocycles. The average Bonchev–Trinajstić information content (AvgIpc) is 2.90. The maximum Gasteiger partial charge on any atom is 0.243 e. The maximum atomic E-state index is 11.7. The predicted octanol–water partition coefficient (Wildman–Crippen LogP) is 1.92. The average molecular weight is 278 g/mol. The Kier molecular flexibility index (Phi) is 4.62. The predicted molar refractivity (Wildman–Crippen MR) is 77.8 cm³/mol. The number of hydrogen-bond acceptors (Lipinski definition) is 4. The van der Waals surface area contributed by atoms with Crippen molar-refractivity contribution in [2.24, 2.45) is 5.73 Å². The summed E-state index contributed by atoms with van der Waals surface area (Å²) in [5, 5.41) is 2.76. The van der Waals surface area contributed by atoms with Crippen LogP contribution in [0.15, 0.2) is 24.3 Å². The van der Waals surface area contributed by atoms with E-state index in [1.807, 2.05) is 12.1 Å². The highest BCUT2D eigenvalue weighted by atomic mass is 16.5. The molecule has 0 aromatic heterocycles. The van der Waals surface area contributed by atoms with Gasteiger partial charge in [-0.25, -0.2) is 0 Å². The SMILES string of the molecule is CC(C)(N)C(=O)Nc1ccc(OCC2CCCO2)cc1. The van der Waals surface area contributed by atoms with Crippen molar-refractivity contribution in [1.29, 1.82) is 0 Å². The monoisotopic (exact) mass is 278 g/mol. The van der Waals surface area contributed by atoms with Crippen molar-refractivity contribution < 1.29 is 14.3 Å². The van der Waals surface area contributed by atoms with Gasteiger partial charge in [-0.15, -0.1) is 0 Å². The van der Waals surface area contributed by atoms with Crippen LogP contribution in [-0.2, 0) is 9.53 Å². The van der Waals surface area contributed by atoms with E-state index < -0.39 is 5.54 Å². The molecule has 5 heteroatoms. The number of carbonyl (C=O) groups excluding carboxylic acids is 1. The van der Waals surface area contributed by atoms with Gasteiger partial charge in [-0.2, -0.15) is 0 Å². The van der Waals surface area contributed by atoms with Crippen LogP contribution in [0.4, 0.5) is 5.69 Å². The van der Waals surface area contributed by atoms with Crippen molar-refractivity contribution in [3.63, 3.8) is 0 Å². The lowest BCUT2D eigenvalue weighted by Crippen LogP contribution is -2.45. The van der Waals surface area contributed by atoms with Gasteiger partial charge in [-0.3, -0.25) is 4.79 Å². The highest BCUT2D eigenvalue weighted by Crippen LogP contribution is 2.19. The lowest BCUT2D eigenvalue weighted by atomic mass is 10.1. The molecule has 1 aromatic rings. The molecule has 1 unspecified atom stereocenters. The molecule has 2 rings (SSSR count). The first-order chi connectivity index (χ1) is 9.45. The normalized spacial score (nSPS) is 18.9. The first-order valence-electron chi connectivity index (χ1n) is 6.90. The molecule has 1 heterocycles. The van der Waals surface area contributed by atoms with Crippen LogP contribution in [0, 0.1) is 0 Å². The molecule has 0 saturated carbocycles. The number of hydrogen-bond donors (Lipinski definition) is 2. The van der Waals surface area contributed by atoms with E-state index in [0.29, 0.717) is 12.3 Å². The van der Waals surface area contributed by atoms with Crippen LogP contribution in [0.1, 0.15) is 26.7 Å². The zero-order valence-corrected chi connectivity index (χ0v) is 12.0. The van der Waals surface area contributed by atoms with Gasteiger partial charge in [0.1, 0.15) is 12.4 Å². The molecule has 0 bridgehead atoms. The number of rotatable bonds is 5. The molecule has 1 atom stereocenters. The second kappa shape index (κ2) is 6.24. The summed E-state index contributed by atoms with van der Waals surface area (Å²) in [4.78, 5) is 11.7. The topological polar surface area (TPSA) is 73.6 Å². The highest BCUT2D eigenvalue weighted by Gasteiger charge is 2.21. The minimum atomic E-state index is -0.894. The molecule has 110 valence electrons. The van der Waals surface area contributed by atoms with Crippen molar-refractivity contribution in [2.75, 3.05) is 18.5 Å². The molecule has 5 nitrogen and oxygen atoms in total. The molecule has 0 radical (unpaired) electrons. The third-order valence-electron chi connectivity index (χ3n) is 3.16. The third kappa shape index (κ3) is 4.21. The Morgan fingerprint density at radius 1 is 1.45 bits per heavy atom. The Balaban J connectivity index is 1.84. The minimum absolute atomic E-state index is 0.201. The Labute approximate surface area is 119 Å². The van der Waals surface area contributed by atoms with Gasteiger partial charge in [-0.1, -0.05) is 0 Å². The number of benzene rings is 1. The molecular formula is C15H22N2O3. The van der Waals surface area contributed by atoms with Gasteiger partial charge in [-0.05, 0) is 51.0 Å². The molecule has 3 N–H and O–H groups in total. The van der Waals surface area contributed by atoms with E-state index in [4.69, 9.17) is 15.2 Å². The molecule has 20 heavy (non-hydrogen) atoms. The van der Waals surface area contributed by atoms with Crippen molar-refractivity contribution in [3.8, 4) is 5.75 Å². The number of ether oxygens (including phenoxy) is 2. The van der Waals surface area contributed by atoms with Crippen LogP contribution in [-0.4, -0.2) is 30.8 Å². The van der Waals surface area contributed by atoms with Crippen LogP contribution in [0.2, 0.25) is 0 Å². The standard InChI is InChI=1S/C15H22N2O3/c1-15(2,16)14(18)17-11-5-7-12(8-6-11)20-10-13-4-3-9-19-13/h5-8,13H,3-4,9-10,16H2,1-2H3,(H,17,18). The van der Waals surface area contributed by atoms with E-state index in [-0.39, 0.29) is 12.0 Å². The summed E-state index contributed by atoms with van der Waals surface area (Å²) in [6.45, 7) is 4.73. The van der Waals surface area contributed by atoms with Crippen molar-refractivity contribution >= 4 is 11.6 Å². The summed E-state index contributed by atoms with van der Waals surface area (Å²) >= 11 is 0. The van der Waals surface area contributed by atoms with Gasteiger partial charge in [0.2, 0.25) is 5.91 Å². The van der Waals surface area contributed by atoms with Gasteiger partial charge in [0.15, 0.2) is 0 Å². The molecule has 1 saturated heterocycles. The molecule has 1 fully saturated rings. The number of nitrogens with one attached hydrogen (secondary N) is 1. The van der Waals surface area contributed by atoms with Crippen LogP contribution in [0.3, 0.4) is 0 Å². The Bertz CT molecular complexity index is 445. The Morgan fingerprint density at radius 3 is 2.70 bits per heavy atom. The lowest BCUT2D eigenvalue weighted by molar-refractivity contribution is -0.120. The smallest absolute Gasteiger partial charge is 0.243 e. The second-order valence-electron chi connectivity index (χ2n) is 5.65. The third-order valence-corrected chi connectivity index (χ3v) is 3.16. The quantitative estimate of drug-likeness (QED) is 0.863. The maximum absolute atomic E-state index is 11.7. The Hall–Kier alpha value is -1.59. The van der Waals surface area contributed by atoms with E-state index in [1.165, 1.54) is 0 Å². The first-order valence-corrected chi connectivity index (χ1v) is 6.90. The van der Waals surface area contributed by atoms with Gasteiger partial charge in [0.05, 0.1) is 11.6 Å². The van der Waals surface area contributed by atoms with Gasteiger partial charge < -0.3 is 20.5 Å². The van der Waals surface area contributed by atoms with Crippen molar-refractivity contribution in [3.05, 3.63) is 24.3 Å². The summed E-state index contributed by atoms with van der Waals surface area (Å²) in [6, 6.07) is 7.26. The van der Waals surface area contributed by atoms with Gasteiger partial charge >= 0.3 is 0 Å². The van der Waals surface area contributed by atoms with Crippen LogP contribution in [0.25, 0.3) is 0 Å². The van der Waals surface area contributed by atoms with Crippen LogP contribution < -0.4 is 15.8 Å². The minimum Gasteiger partial charge on any atom is -0.491 e. The van der Waals surface area contributed by atoms with Gasteiger partial charge in [0.25, 0.3) is 0 Å². The Morgan fingerprint density at radius 2 is 2.15 bits per heavy atom. The second-order valence-corrected chi connectivity index (χ2v) is 5.65. The number of anilines is 1. The molecule has 0 spiro atoms. The highest BCUT2D eigenvalue weighted by molar-refractivity contribution is 5.97. The van der Waals surface area contributed by atoms with E-state index in [2.05, 4.69) is 5.32 Å². The van der Waals surface area contributed by atoms with Crippen molar-refractivity contribution in [1.82, 2.24) is 0 Å². The molecule has 1 aliphatic heterocycles. The molecular weight excluding hydrogens is 256 g/mol. The van der Waals surface area contributed by atoms with Crippen molar-refractivity contribution in [2.45, 2.75) is 38.3 Å². The van der Waals surface area contributed by atoms with E-state index in [9.17, 15) is 4.79 Å². The fourth-order valence-electron chi connectivity index (χ4n) is 1.89. The number of carbonyl (C=O) groups is 1. The van der Waals surface area contributed by atoms with E-state index in [1.54, 1.807) is 26.0 Å². The summed E-state index contributed by atoms with van der Waals surface area (Å²) in [5.41, 5.74) is 5.54. The first kappa shape index (κ1) is 14.8. The number of amides is 1. The van der Waals surface area contributed by atoms with Crippen LogP contribution in [0.5, 0.6) is 5.75 Å². The fraction of sp³-hybridized carbons (Fsp3) is 0.533. The molecule has 1 amide bonds. The summed E-state index contributed by atoms with van der Waals surface area (Å²) in [7, 11) is 0. The summed E-state index contributed by atoms with van der Waals surface area (Å²) in [6.07, 6.45) is 2.36. The largest absolute Gasteiger partial charge is 0.491 e. The zero-order chi connectivity index (χ0) is 14.6. The summed E-state index contributed by atoms with van der Waals surface area (Å²) < 4.78 is 11.1. The summed E-state index contributed by atoms with van der Waals surface area (Å²) in [5.74, 6) is 0.552. The number of nitrogens with two attached hydrogens (primary N) is 1. The van der Waals surface area contributed by atoms with E-state index >= 15 is 0 Å². The zero-order valence-electron chi connectivity index (χ0n) is 12.0. The molecule has 0 aliphatic carbocycles. The molecule has 1 aliphatic rings. The lowest BCUT2D eigenvalue weighted by Gasteiger charge is -2.18. The van der Waals surface area contributed by atoms with Gasteiger partial charge in [0, 0.05) is 12.3 Å².